The molecule has 0 aliphatic heterocycles. The van der Waals surface area contributed by atoms with E-state index < -0.39 is 0 Å². The summed E-state index contributed by atoms with van der Waals surface area (Å²) in [6, 6.07) is 0.488. The molecule has 0 aliphatic carbocycles. The molecule has 13 heavy (non-hydrogen) atoms. The number of rotatable bonds is 8. The van der Waals surface area contributed by atoms with E-state index in [9.17, 15) is 0 Å². The molecular weight excluding hydrogens is 160 g/mol. The fourth-order valence-electron chi connectivity index (χ4n) is 1.35. The van der Waals surface area contributed by atoms with Gasteiger partial charge in [-0.25, -0.2) is 0 Å². The molecule has 0 spiro atoms. The number of allylic oxidation sites excluding steroid dienone is 1. The van der Waals surface area contributed by atoms with E-state index in [-0.39, 0.29) is 0 Å². The van der Waals surface area contributed by atoms with E-state index in [1.54, 1.807) is 0 Å². The lowest BCUT2D eigenvalue weighted by molar-refractivity contribution is 0.409. The van der Waals surface area contributed by atoms with Crippen LogP contribution in [0, 0.1) is 5.92 Å². The molecule has 0 saturated heterocycles. The molecule has 0 aromatic rings. The summed E-state index contributed by atoms with van der Waals surface area (Å²) in [7, 11) is 0. The smallest absolute Gasteiger partial charge is 0.0210 e. The van der Waals surface area contributed by atoms with Crippen molar-refractivity contribution in [1.82, 2.24) is 5.43 Å². The summed E-state index contributed by atoms with van der Waals surface area (Å²) in [4.78, 5) is 0. The van der Waals surface area contributed by atoms with Crippen molar-refractivity contribution in [3.63, 3.8) is 0 Å². The number of unbranched alkanes of at least 4 members (excludes halogenated alkanes) is 1. The van der Waals surface area contributed by atoms with Crippen LogP contribution in [0.1, 0.15) is 46.0 Å². The van der Waals surface area contributed by atoms with Gasteiger partial charge in [-0.05, 0) is 38.0 Å². The van der Waals surface area contributed by atoms with Gasteiger partial charge in [-0.3, -0.25) is 11.3 Å². The van der Waals surface area contributed by atoms with Gasteiger partial charge in [0.05, 0.1) is 0 Å². The van der Waals surface area contributed by atoms with Gasteiger partial charge in [0.25, 0.3) is 0 Å². The highest BCUT2D eigenvalue weighted by molar-refractivity contribution is 4.70. The van der Waals surface area contributed by atoms with Crippen molar-refractivity contribution in [1.29, 1.82) is 0 Å². The van der Waals surface area contributed by atoms with Crippen LogP contribution in [-0.2, 0) is 0 Å². The van der Waals surface area contributed by atoms with Crippen molar-refractivity contribution in [2.24, 2.45) is 11.8 Å². The molecule has 0 radical (unpaired) electrons. The predicted octanol–water partition coefficient (Wildman–Crippen LogP) is 2.61. The molecule has 0 aliphatic rings. The summed E-state index contributed by atoms with van der Waals surface area (Å²) in [6.07, 6.45) is 7.86. The Balaban J connectivity index is 3.44. The highest BCUT2D eigenvalue weighted by Crippen LogP contribution is 2.11. The van der Waals surface area contributed by atoms with Gasteiger partial charge in [0.2, 0.25) is 0 Å². The van der Waals surface area contributed by atoms with Gasteiger partial charge in [-0.2, -0.15) is 0 Å². The maximum Gasteiger partial charge on any atom is 0.0210 e. The predicted molar refractivity (Wildman–Crippen MR) is 59.2 cm³/mol. The second kappa shape index (κ2) is 8.27. The molecule has 0 bridgehead atoms. The van der Waals surface area contributed by atoms with Crippen molar-refractivity contribution >= 4 is 0 Å². The van der Waals surface area contributed by atoms with Crippen LogP contribution in [0.5, 0.6) is 0 Å². The van der Waals surface area contributed by atoms with E-state index in [2.05, 4.69) is 25.9 Å². The lowest BCUT2D eigenvalue weighted by Gasteiger charge is -2.16. The van der Waals surface area contributed by atoms with Gasteiger partial charge in [0, 0.05) is 6.04 Å². The zero-order valence-corrected chi connectivity index (χ0v) is 9.05. The monoisotopic (exact) mass is 184 g/mol. The summed E-state index contributed by atoms with van der Waals surface area (Å²) in [6.45, 7) is 8.20. The lowest BCUT2D eigenvalue weighted by atomic mass is 10.00. The van der Waals surface area contributed by atoms with Crippen LogP contribution in [0.4, 0.5) is 0 Å². The maximum absolute atomic E-state index is 5.47. The molecular formula is C11H24N2. The second-order valence-corrected chi connectivity index (χ2v) is 4.05. The minimum Gasteiger partial charge on any atom is -0.271 e. The highest BCUT2D eigenvalue weighted by Gasteiger charge is 2.06. The molecule has 78 valence electrons. The van der Waals surface area contributed by atoms with E-state index in [0.29, 0.717) is 6.04 Å². The molecule has 0 amide bonds. The van der Waals surface area contributed by atoms with Gasteiger partial charge in [0.1, 0.15) is 0 Å². The Hall–Kier alpha value is -0.340. The van der Waals surface area contributed by atoms with Crippen molar-refractivity contribution in [2.45, 2.75) is 52.0 Å². The molecule has 0 fully saturated rings. The van der Waals surface area contributed by atoms with E-state index in [4.69, 9.17) is 5.84 Å². The molecule has 2 heteroatoms. The van der Waals surface area contributed by atoms with E-state index >= 15 is 0 Å². The third-order valence-corrected chi connectivity index (χ3v) is 2.29. The van der Waals surface area contributed by atoms with Crippen molar-refractivity contribution in [2.75, 3.05) is 0 Å². The molecule has 2 nitrogen and oxygen atoms in total. The lowest BCUT2D eigenvalue weighted by Crippen LogP contribution is -2.35. The van der Waals surface area contributed by atoms with Gasteiger partial charge < -0.3 is 0 Å². The standard InChI is InChI=1S/C11H24N2/c1-4-5-6-7-11(13-12)9-8-10(2)3/h4,10-11,13H,1,5-9,12H2,2-3H3. The van der Waals surface area contributed by atoms with Crippen molar-refractivity contribution < 1.29 is 0 Å². The quantitative estimate of drug-likeness (QED) is 0.263. The zero-order valence-electron chi connectivity index (χ0n) is 9.05. The van der Waals surface area contributed by atoms with Gasteiger partial charge in [-0.1, -0.05) is 19.9 Å². The third-order valence-electron chi connectivity index (χ3n) is 2.29. The van der Waals surface area contributed by atoms with E-state index in [1.807, 2.05) is 6.08 Å². The minimum absolute atomic E-state index is 0.488. The summed E-state index contributed by atoms with van der Waals surface area (Å²) in [5.41, 5.74) is 2.88. The van der Waals surface area contributed by atoms with Crippen LogP contribution in [-0.4, -0.2) is 6.04 Å². The molecule has 3 N–H and O–H groups in total. The Bertz CT molecular complexity index is 121. The van der Waals surface area contributed by atoms with Crippen LogP contribution < -0.4 is 11.3 Å². The third kappa shape index (κ3) is 8.00. The van der Waals surface area contributed by atoms with Crippen LogP contribution in [0.25, 0.3) is 0 Å². The molecule has 0 saturated carbocycles. The number of hydrazine groups is 1. The Kier molecular flexibility index (Phi) is 8.05. The second-order valence-electron chi connectivity index (χ2n) is 4.05. The van der Waals surface area contributed by atoms with Crippen molar-refractivity contribution in [3.05, 3.63) is 12.7 Å². The first-order valence-corrected chi connectivity index (χ1v) is 5.27. The van der Waals surface area contributed by atoms with Gasteiger partial charge >= 0.3 is 0 Å². The first-order chi connectivity index (χ1) is 6.20. The largest absolute Gasteiger partial charge is 0.271 e. The molecule has 0 heterocycles. The van der Waals surface area contributed by atoms with Crippen LogP contribution in [0.15, 0.2) is 12.7 Å². The molecule has 0 aromatic heterocycles. The minimum atomic E-state index is 0.488. The number of nitrogens with two attached hydrogens (primary N) is 1. The maximum atomic E-state index is 5.47. The van der Waals surface area contributed by atoms with Crippen LogP contribution in [0.3, 0.4) is 0 Å². The Labute approximate surface area is 82.6 Å². The topological polar surface area (TPSA) is 38.0 Å². The van der Waals surface area contributed by atoms with Crippen LogP contribution in [0.2, 0.25) is 0 Å². The van der Waals surface area contributed by atoms with Gasteiger partial charge in [-0.15, -0.1) is 6.58 Å². The first-order valence-electron chi connectivity index (χ1n) is 5.27. The number of nitrogens with one attached hydrogen (secondary N) is 1. The summed E-state index contributed by atoms with van der Waals surface area (Å²) < 4.78 is 0. The Morgan fingerprint density at radius 2 is 2.00 bits per heavy atom. The molecule has 1 unspecified atom stereocenters. The first kappa shape index (κ1) is 12.7. The average Bonchev–Trinajstić information content (AvgIpc) is 2.10. The molecule has 1 atom stereocenters. The number of hydrogen-bond acceptors (Lipinski definition) is 2. The Morgan fingerprint density at radius 1 is 1.31 bits per heavy atom. The fourth-order valence-corrected chi connectivity index (χ4v) is 1.35. The number of hydrogen-bond donors (Lipinski definition) is 2. The van der Waals surface area contributed by atoms with E-state index in [1.165, 1.54) is 19.3 Å². The van der Waals surface area contributed by atoms with Gasteiger partial charge in [0.15, 0.2) is 0 Å². The van der Waals surface area contributed by atoms with Crippen LogP contribution >= 0.6 is 0 Å². The van der Waals surface area contributed by atoms with Crippen molar-refractivity contribution in [3.8, 4) is 0 Å². The average molecular weight is 184 g/mol. The van der Waals surface area contributed by atoms with E-state index in [0.717, 1.165) is 18.8 Å². The summed E-state index contributed by atoms with van der Waals surface area (Å²) in [5, 5.41) is 0. The fraction of sp³-hybridized carbons (Fsp3) is 0.818. The summed E-state index contributed by atoms with van der Waals surface area (Å²) in [5.74, 6) is 6.24. The normalized spacial score (nSPS) is 13.2. The molecule has 0 aromatic carbocycles. The SMILES string of the molecule is C=CCCCC(CCC(C)C)NN. The Morgan fingerprint density at radius 3 is 2.46 bits per heavy atom. The molecule has 0 rings (SSSR count). The zero-order chi connectivity index (χ0) is 10.1. The highest BCUT2D eigenvalue weighted by atomic mass is 15.2. The summed E-state index contributed by atoms with van der Waals surface area (Å²) >= 11 is 0.